The van der Waals surface area contributed by atoms with Crippen molar-refractivity contribution < 1.29 is 22.7 Å². The molecule has 3 rings (SSSR count). The van der Waals surface area contributed by atoms with Crippen LogP contribution in [0.2, 0.25) is 0 Å². The number of benzene rings is 2. The first-order valence-corrected chi connectivity index (χ1v) is 8.71. The Labute approximate surface area is 151 Å². The molecular formula is C18H15F3N2O2S. The molecule has 8 heteroatoms. The lowest BCUT2D eigenvalue weighted by Crippen LogP contribution is -2.17. The molecule has 4 nitrogen and oxygen atoms in total. The fourth-order valence-corrected chi connectivity index (χ4v) is 3.40. The van der Waals surface area contributed by atoms with Crippen LogP contribution in [0.3, 0.4) is 0 Å². The van der Waals surface area contributed by atoms with Crippen molar-refractivity contribution >= 4 is 33.1 Å². The number of hydrogen-bond acceptors (Lipinski definition) is 4. The van der Waals surface area contributed by atoms with Crippen LogP contribution in [0.15, 0.2) is 48.5 Å². The number of carbonyl (C=O) groups excluding carboxylic acids is 1. The van der Waals surface area contributed by atoms with Gasteiger partial charge in [-0.1, -0.05) is 12.1 Å². The number of para-hydroxylation sites is 1. The normalized spacial score (nSPS) is 11.5. The highest BCUT2D eigenvalue weighted by atomic mass is 32.1. The van der Waals surface area contributed by atoms with Crippen molar-refractivity contribution in [1.82, 2.24) is 4.98 Å². The maximum absolute atomic E-state index is 12.1. The summed E-state index contributed by atoms with van der Waals surface area (Å²) in [6, 6.07) is 12.9. The van der Waals surface area contributed by atoms with Crippen molar-refractivity contribution in [2.45, 2.75) is 25.6 Å². The SMILES string of the molecule is O=C(CCCc1nc2ccccc2s1)Nc1ccc(OC(F)(F)F)cc1. The van der Waals surface area contributed by atoms with Gasteiger partial charge >= 0.3 is 6.36 Å². The first kappa shape index (κ1) is 18.2. The van der Waals surface area contributed by atoms with Gasteiger partial charge in [0, 0.05) is 12.1 Å². The summed E-state index contributed by atoms with van der Waals surface area (Å²) in [5, 5.41) is 3.63. The van der Waals surface area contributed by atoms with E-state index >= 15 is 0 Å². The summed E-state index contributed by atoms with van der Waals surface area (Å²) in [7, 11) is 0. The molecule has 136 valence electrons. The third-order valence-electron chi connectivity index (χ3n) is 3.50. The van der Waals surface area contributed by atoms with E-state index in [1.807, 2.05) is 24.3 Å². The number of alkyl halides is 3. The van der Waals surface area contributed by atoms with Crippen LogP contribution < -0.4 is 10.1 Å². The van der Waals surface area contributed by atoms with Crippen LogP contribution in [0.4, 0.5) is 18.9 Å². The molecule has 0 aliphatic carbocycles. The number of halogens is 3. The van der Waals surface area contributed by atoms with Crippen molar-refractivity contribution in [2.75, 3.05) is 5.32 Å². The van der Waals surface area contributed by atoms with Gasteiger partial charge in [0.1, 0.15) is 5.75 Å². The summed E-state index contributed by atoms with van der Waals surface area (Å²) >= 11 is 1.61. The average Bonchev–Trinajstić information content (AvgIpc) is 2.98. The number of hydrogen-bond donors (Lipinski definition) is 1. The van der Waals surface area contributed by atoms with Gasteiger partial charge in [0.05, 0.1) is 15.2 Å². The van der Waals surface area contributed by atoms with Crippen LogP contribution in [0.1, 0.15) is 17.8 Å². The Bertz CT molecular complexity index is 858. The van der Waals surface area contributed by atoms with Gasteiger partial charge in [0.2, 0.25) is 5.91 Å². The summed E-state index contributed by atoms with van der Waals surface area (Å²) in [5.74, 6) is -0.526. The first-order chi connectivity index (χ1) is 12.4. The van der Waals surface area contributed by atoms with E-state index in [0.717, 1.165) is 27.4 Å². The zero-order valence-electron chi connectivity index (χ0n) is 13.5. The van der Waals surface area contributed by atoms with Gasteiger partial charge in [-0.05, 0) is 49.2 Å². The number of aromatic nitrogens is 1. The summed E-state index contributed by atoms with van der Waals surface area (Å²) in [6.45, 7) is 0. The lowest BCUT2D eigenvalue weighted by molar-refractivity contribution is -0.274. The van der Waals surface area contributed by atoms with Gasteiger partial charge in [-0.15, -0.1) is 24.5 Å². The number of anilines is 1. The predicted molar refractivity (Wildman–Crippen MR) is 94.3 cm³/mol. The second kappa shape index (κ2) is 7.74. The quantitative estimate of drug-likeness (QED) is 0.643. The molecule has 3 aromatic rings. The molecule has 1 heterocycles. The van der Waals surface area contributed by atoms with E-state index in [0.29, 0.717) is 24.9 Å². The molecule has 2 aromatic carbocycles. The van der Waals surface area contributed by atoms with E-state index in [1.165, 1.54) is 12.1 Å². The minimum atomic E-state index is -4.73. The van der Waals surface area contributed by atoms with E-state index in [-0.39, 0.29) is 11.7 Å². The Morgan fingerprint density at radius 2 is 1.85 bits per heavy atom. The fourth-order valence-electron chi connectivity index (χ4n) is 2.39. The van der Waals surface area contributed by atoms with Gasteiger partial charge in [-0.25, -0.2) is 4.98 Å². The van der Waals surface area contributed by atoms with E-state index in [4.69, 9.17) is 0 Å². The van der Waals surface area contributed by atoms with Crippen LogP contribution in [0, 0.1) is 0 Å². The maximum atomic E-state index is 12.1. The van der Waals surface area contributed by atoms with Gasteiger partial charge in [-0.3, -0.25) is 4.79 Å². The minimum Gasteiger partial charge on any atom is -0.406 e. The summed E-state index contributed by atoms with van der Waals surface area (Å²) in [6.07, 6.45) is -3.09. The zero-order valence-corrected chi connectivity index (χ0v) is 14.4. The minimum absolute atomic E-state index is 0.199. The highest BCUT2D eigenvalue weighted by Gasteiger charge is 2.30. The molecule has 0 spiro atoms. The number of thiazole rings is 1. The topological polar surface area (TPSA) is 51.2 Å². The Hall–Kier alpha value is -2.61. The highest BCUT2D eigenvalue weighted by Crippen LogP contribution is 2.25. The van der Waals surface area contributed by atoms with Crippen molar-refractivity contribution in [3.63, 3.8) is 0 Å². The van der Waals surface area contributed by atoms with Crippen molar-refractivity contribution in [1.29, 1.82) is 0 Å². The summed E-state index contributed by atoms with van der Waals surface area (Å²) in [5.41, 5.74) is 1.38. The van der Waals surface area contributed by atoms with Gasteiger partial charge < -0.3 is 10.1 Å². The number of nitrogens with one attached hydrogen (secondary N) is 1. The third-order valence-corrected chi connectivity index (χ3v) is 4.60. The zero-order chi connectivity index (χ0) is 18.6. The molecule has 0 aliphatic rings. The van der Waals surface area contributed by atoms with Gasteiger partial charge in [-0.2, -0.15) is 0 Å². The standard InChI is InChI=1S/C18H15F3N2O2S/c19-18(20,21)25-13-10-8-12(9-11-13)22-16(24)6-3-7-17-23-14-4-1-2-5-15(14)26-17/h1-2,4-5,8-11H,3,6-7H2,(H,22,24). The van der Waals surface area contributed by atoms with E-state index in [2.05, 4.69) is 15.0 Å². The second-order valence-electron chi connectivity index (χ2n) is 5.55. The van der Waals surface area contributed by atoms with E-state index in [1.54, 1.807) is 11.3 Å². The highest BCUT2D eigenvalue weighted by molar-refractivity contribution is 7.18. The Morgan fingerprint density at radius 1 is 1.12 bits per heavy atom. The molecule has 0 saturated heterocycles. The molecule has 0 fully saturated rings. The van der Waals surface area contributed by atoms with Crippen LogP contribution in [-0.2, 0) is 11.2 Å². The molecule has 26 heavy (non-hydrogen) atoms. The van der Waals surface area contributed by atoms with Crippen molar-refractivity contribution in [3.8, 4) is 5.75 Å². The fraction of sp³-hybridized carbons (Fsp3) is 0.222. The number of ether oxygens (including phenoxy) is 1. The summed E-state index contributed by atoms with van der Waals surface area (Å²) < 4.78 is 41.2. The molecule has 0 atom stereocenters. The first-order valence-electron chi connectivity index (χ1n) is 7.89. The van der Waals surface area contributed by atoms with Crippen molar-refractivity contribution in [2.24, 2.45) is 0 Å². The van der Waals surface area contributed by atoms with Gasteiger partial charge in [0.15, 0.2) is 0 Å². The Kier molecular flexibility index (Phi) is 5.41. The Morgan fingerprint density at radius 3 is 2.54 bits per heavy atom. The number of carbonyl (C=O) groups is 1. The predicted octanol–water partition coefficient (Wildman–Crippen LogP) is 5.16. The molecular weight excluding hydrogens is 365 g/mol. The number of rotatable bonds is 6. The molecule has 0 aliphatic heterocycles. The van der Waals surface area contributed by atoms with Gasteiger partial charge in [0.25, 0.3) is 0 Å². The molecule has 0 radical (unpaired) electrons. The molecule has 1 N–H and O–H groups in total. The largest absolute Gasteiger partial charge is 0.573 e. The van der Waals surface area contributed by atoms with Crippen LogP contribution in [0.5, 0.6) is 5.75 Å². The summed E-state index contributed by atoms with van der Waals surface area (Å²) in [4.78, 5) is 16.5. The monoisotopic (exact) mass is 380 g/mol. The average molecular weight is 380 g/mol. The molecule has 0 saturated carbocycles. The van der Waals surface area contributed by atoms with E-state index in [9.17, 15) is 18.0 Å². The smallest absolute Gasteiger partial charge is 0.406 e. The molecule has 0 bridgehead atoms. The molecule has 1 aromatic heterocycles. The van der Waals surface area contributed by atoms with E-state index < -0.39 is 6.36 Å². The van der Waals surface area contributed by atoms with Crippen LogP contribution in [-0.4, -0.2) is 17.3 Å². The van der Waals surface area contributed by atoms with Crippen LogP contribution >= 0.6 is 11.3 Å². The second-order valence-corrected chi connectivity index (χ2v) is 6.66. The molecule has 0 unspecified atom stereocenters. The third kappa shape index (κ3) is 5.19. The number of aryl methyl sites for hydroxylation is 1. The number of nitrogens with zero attached hydrogens (tertiary/aromatic N) is 1. The van der Waals surface area contributed by atoms with Crippen LogP contribution in [0.25, 0.3) is 10.2 Å². The lowest BCUT2D eigenvalue weighted by Gasteiger charge is -2.09. The number of fused-ring (bicyclic) bond motifs is 1. The number of amides is 1. The maximum Gasteiger partial charge on any atom is 0.573 e. The Balaban J connectivity index is 1.46. The van der Waals surface area contributed by atoms with Crippen molar-refractivity contribution in [3.05, 3.63) is 53.5 Å². The molecule has 1 amide bonds. The lowest BCUT2D eigenvalue weighted by atomic mass is 10.2.